The molecule has 0 spiro atoms. The second-order valence-corrected chi connectivity index (χ2v) is 28.2. The topological polar surface area (TPSA) is 461 Å². The predicted molar refractivity (Wildman–Crippen MR) is 399 cm³/mol. The lowest BCUT2D eigenvalue weighted by molar-refractivity contribution is -0.131. The van der Waals surface area contributed by atoms with E-state index in [2.05, 4.69) is 94.4 Å². The quantitative estimate of drug-likeness (QED) is 0.0173. The molecule has 0 aromatic carbocycles. The van der Waals surface area contributed by atoms with Crippen LogP contribution in [0, 0.1) is 0 Å². The van der Waals surface area contributed by atoms with Crippen LogP contribution in [0.2, 0.25) is 0 Å². The fourth-order valence-electron chi connectivity index (χ4n) is 8.75. The summed E-state index contributed by atoms with van der Waals surface area (Å²) < 4.78 is 44.2. The fraction of sp³-hybridized carbons (Fsp3) is 0.815. The van der Waals surface area contributed by atoms with Crippen LogP contribution in [-0.2, 0) is 95.4 Å². The molecule has 0 fully saturated rings. The minimum Gasteiger partial charge on any atom is -0.379 e. The summed E-state index contributed by atoms with van der Waals surface area (Å²) in [6.07, 6.45) is 4.92. The Labute approximate surface area is 626 Å². The summed E-state index contributed by atoms with van der Waals surface area (Å²) in [4.78, 5) is 150. The Morgan fingerprint density at radius 3 is 0.951 bits per heavy atom. The molecule has 0 aliphatic rings. The van der Waals surface area contributed by atoms with Crippen molar-refractivity contribution in [3.05, 3.63) is 0 Å². The highest BCUT2D eigenvalue weighted by Crippen LogP contribution is 2.35. The van der Waals surface area contributed by atoms with Crippen LogP contribution in [0.15, 0.2) is 0 Å². The Balaban J connectivity index is 4.84. The first-order valence-electron chi connectivity index (χ1n) is 35.2. The first-order chi connectivity index (χ1) is 49.4. The minimum atomic E-state index is -1.03. The molecule has 0 saturated heterocycles. The second kappa shape index (κ2) is 65.0. The van der Waals surface area contributed by atoms with Crippen LogP contribution in [0.5, 0.6) is 0 Å². The van der Waals surface area contributed by atoms with E-state index in [4.69, 9.17) is 43.6 Å². The lowest BCUT2D eigenvalue weighted by Gasteiger charge is -2.23. The number of carbonyl (C=O) groups is 12. The third-order valence-corrected chi connectivity index (χ3v) is 18.1. The van der Waals surface area contributed by atoms with Gasteiger partial charge in [0, 0.05) is 94.3 Å². The van der Waals surface area contributed by atoms with Gasteiger partial charge in [-0.3, -0.25) is 57.5 Å². The highest BCUT2D eigenvalue weighted by atomic mass is 33.1. The molecule has 12 amide bonds. The van der Waals surface area contributed by atoms with Crippen LogP contribution in [0.25, 0.3) is 0 Å². The zero-order valence-corrected chi connectivity index (χ0v) is 64.9. The lowest BCUT2D eigenvalue weighted by Crippen LogP contribution is -2.53. The summed E-state index contributed by atoms with van der Waals surface area (Å²) in [7, 11) is 6.59. The summed E-state index contributed by atoms with van der Waals surface area (Å²) in [5, 5.41) is 35.9. The van der Waals surface area contributed by atoms with Crippen LogP contribution >= 0.6 is 46.8 Å². The number of amides is 12. The third kappa shape index (κ3) is 58.5. The zero-order chi connectivity index (χ0) is 76.7. The molecule has 6 atom stereocenters. The number of rotatable bonds is 68. The van der Waals surface area contributed by atoms with E-state index in [1.54, 1.807) is 0 Å². The zero-order valence-electron chi connectivity index (χ0n) is 61.5. The average molecular weight is 1550 g/mol. The van der Waals surface area contributed by atoms with Gasteiger partial charge >= 0.3 is 0 Å². The molecule has 0 heterocycles. The van der Waals surface area contributed by atoms with Gasteiger partial charge in [0.1, 0.15) is 36.3 Å². The van der Waals surface area contributed by atoms with Crippen molar-refractivity contribution >= 4 is 118 Å². The Morgan fingerprint density at radius 1 is 0.350 bits per heavy atom. The Bertz CT molecular complexity index is 2400. The molecule has 103 heavy (non-hydrogen) atoms. The maximum atomic E-state index is 13.6. The molecular formula is C65H122N14O20S4. The number of hydrogen-bond donors (Lipinski definition) is 16. The largest absolute Gasteiger partial charge is 0.379 e. The van der Waals surface area contributed by atoms with Gasteiger partial charge in [0.25, 0.3) is 0 Å². The summed E-state index contributed by atoms with van der Waals surface area (Å²) in [6, 6.07) is -5.05. The van der Waals surface area contributed by atoms with E-state index in [0.717, 1.165) is 25.9 Å². The smallest absolute Gasteiger partial charge is 0.243 e. The van der Waals surface area contributed by atoms with Gasteiger partial charge in [-0.15, -0.1) is 0 Å². The summed E-state index contributed by atoms with van der Waals surface area (Å²) >= 11 is 8.16. The van der Waals surface area contributed by atoms with Crippen molar-refractivity contribution in [2.45, 2.75) is 159 Å². The monoisotopic (exact) mass is 1550 g/mol. The number of hydrogen-bond acceptors (Lipinski definition) is 26. The van der Waals surface area contributed by atoms with E-state index in [0.29, 0.717) is 38.5 Å². The number of unbranched alkanes of at least 4 members (excludes halogenated alkanes) is 3. The van der Waals surface area contributed by atoms with Gasteiger partial charge in [-0.1, -0.05) is 42.4 Å². The second-order valence-electron chi connectivity index (χ2n) is 24.3. The Kier molecular flexibility index (Phi) is 61.6. The van der Waals surface area contributed by atoms with Crippen molar-refractivity contribution in [2.24, 2.45) is 5.73 Å². The fourth-order valence-corrected chi connectivity index (χ4v) is 11.7. The molecule has 596 valence electrons. The van der Waals surface area contributed by atoms with Crippen LogP contribution in [0.4, 0.5) is 0 Å². The minimum absolute atomic E-state index is 0.000894. The number of primary amides is 1. The predicted octanol–water partition coefficient (Wildman–Crippen LogP) is -2.32. The van der Waals surface area contributed by atoms with Gasteiger partial charge < -0.3 is 113 Å². The molecule has 0 aromatic heterocycles. The van der Waals surface area contributed by atoms with E-state index in [1.807, 2.05) is 34.9 Å². The molecule has 0 aromatic rings. The van der Waals surface area contributed by atoms with Gasteiger partial charge in [-0.2, -0.15) is 25.3 Å². The molecular weight excluding hydrogens is 1430 g/mol. The molecule has 0 bridgehead atoms. The summed E-state index contributed by atoms with van der Waals surface area (Å²) in [5.41, 5.74) is 5.67. The molecule has 34 nitrogen and oxygen atoms in total. The lowest BCUT2D eigenvalue weighted by atomic mass is 10.1. The molecule has 0 saturated carbocycles. The number of thiol groups is 2. The van der Waals surface area contributed by atoms with Crippen molar-refractivity contribution < 1.29 is 95.4 Å². The van der Waals surface area contributed by atoms with Gasteiger partial charge in [0.05, 0.1) is 106 Å². The number of nitrogens with one attached hydrogen (secondary N) is 13. The highest BCUT2D eigenvalue weighted by Gasteiger charge is 2.28. The first-order valence-corrected chi connectivity index (χ1v) is 38.8. The van der Waals surface area contributed by atoms with E-state index < -0.39 is 54.0 Å². The van der Waals surface area contributed by atoms with Gasteiger partial charge in [-0.05, 0) is 85.0 Å². The van der Waals surface area contributed by atoms with Crippen molar-refractivity contribution in [1.29, 1.82) is 0 Å². The SMILES string of the molecule is CNCCCCC(NC(=O)CCOCCOCCNC(=O)C(CS)NC(C)=O)C(=O)NCCOCCOCCC(=O)NCCCCC(NC(=O)CCOCCOCCNC(=O)C(CCCCNC)NC(=O)CCOCCOCCNC(=O)C(CS)NC(C)=O)C(=O)NC(CSSC(C)(C)C)C(N)=O. The molecule has 15 N–H and O–H groups in total. The maximum Gasteiger partial charge on any atom is 0.243 e. The van der Waals surface area contributed by atoms with Crippen molar-refractivity contribution in [3.8, 4) is 0 Å². The molecule has 0 radical (unpaired) electrons. The maximum absolute atomic E-state index is 13.6. The normalized spacial score (nSPS) is 13.0. The van der Waals surface area contributed by atoms with Gasteiger partial charge in [0.15, 0.2) is 0 Å². The van der Waals surface area contributed by atoms with E-state index in [1.165, 1.54) is 35.4 Å². The van der Waals surface area contributed by atoms with Crippen LogP contribution in [-0.4, -0.2) is 295 Å². The Morgan fingerprint density at radius 2 is 0.650 bits per heavy atom. The van der Waals surface area contributed by atoms with Crippen molar-refractivity contribution in [3.63, 3.8) is 0 Å². The standard InChI is InChI=1S/C65H122N14O20S4/c1-47(80)74-52(44-100)62(89)72-26-34-98-42-38-93-29-18-56(83)76-49(14-8-11-21-67-6)60(87)70-24-32-96-40-36-92-28-17-55(82)69-23-13-10-16-51(64(91)79-54(59(66)86)46-102-103-65(3,4)5)78-58(85)20-31-95-37-41-97-33-25-71-61(88)50(15-9-12-22-68-7)77-57(84)19-30-94-39-43-99-35-27-73-63(90)53(45-101)75-48(2)81/h49-54,67-68,100-101H,8-46H2,1-7H3,(H2,66,86)(H,69,82)(H,70,87)(H,71,88)(H,72,89)(H,73,90)(H,74,80)(H,75,81)(H,76,83)(H,77,84)(H,78,85)(H,79,91). The van der Waals surface area contributed by atoms with Crippen molar-refractivity contribution in [2.75, 3.05) is 183 Å². The molecule has 0 rings (SSSR count). The number of ether oxygens (including phenoxy) is 8. The molecule has 38 heteroatoms. The van der Waals surface area contributed by atoms with E-state index in [-0.39, 0.29) is 246 Å². The van der Waals surface area contributed by atoms with Gasteiger partial charge in [-0.25, -0.2) is 0 Å². The summed E-state index contributed by atoms with van der Waals surface area (Å²) in [5.74, 6) is -4.36. The molecule has 0 aliphatic carbocycles. The van der Waals surface area contributed by atoms with Crippen LogP contribution in [0.3, 0.4) is 0 Å². The third-order valence-electron chi connectivity index (χ3n) is 14.1. The van der Waals surface area contributed by atoms with Gasteiger partial charge in [0.2, 0.25) is 70.9 Å². The van der Waals surface area contributed by atoms with Crippen LogP contribution < -0.4 is 74.9 Å². The van der Waals surface area contributed by atoms with E-state index in [9.17, 15) is 57.5 Å². The number of nitrogens with two attached hydrogens (primary N) is 1. The Hall–Kier alpha value is -5.36. The molecule has 6 unspecified atom stereocenters. The summed E-state index contributed by atoms with van der Waals surface area (Å²) in [6.45, 7) is 13.9. The van der Waals surface area contributed by atoms with Crippen molar-refractivity contribution in [1.82, 2.24) is 69.1 Å². The average Bonchev–Trinajstić information content (AvgIpc) is 0.903. The highest BCUT2D eigenvalue weighted by molar-refractivity contribution is 8.77. The molecule has 0 aliphatic heterocycles. The number of carbonyl (C=O) groups excluding carboxylic acids is 12. The van der Waals surface area contributed by atoms with Crippen LogP contribution in [0.1, 0.15) is 118 Å². The first kappa shape index (κ1) is 97.6. The van der Waals surface area contributed by atoms with E-state index >= 15 is 0 Å².